The summed E-state index contributed by atoms with van der Waals surface area (Å²) in [5.74, 6) is 0. The lowest BCUT2D eigenvalue weighted by atomic mass is 10.2. The summed E-state index contributed by atoms with van der Waals surface area (Å²) in [5.41, 5.74) is 0.884. The van der Waals surface area contributed by atoms with Crippen molar-refractivity contribution in [3.63, 3.8) is 0 Å². The molecule has 0 unspecified atom stereocenters. The quantitative estimate of drug-likeness (QED) is 0.605. The van der Waals surface area contributed by atoms with Crippen molar-refractivity contribution in [1.29, 1.82) is 0 Å². The van der Waals surface area contributed by atoms with E-state index in [0.717, 1.165) is 12.0 Å². The third-order valence-corrected chi connectivity index (χ3v) is 1.16. The largest absolute Gasteiger partial charge is 0.264 e. The second kappa shape index (κ2) is 3.83. The molecule has 1 nitrogen and oxygen atoms in total. The predicted molar refractivity (Wildman–Crippen MR) is 43.6 cm³/mol. The Kier molecular flexibility index (Phi) is 2.17. The van der Waals surface area contributed by atoms with E-state index >= 15 is 0 Å². The molecule has 0 aliphatic carbocycles. The maximum Gasteiger partial charge on any atom is 0.0846 e. The molecule has 1 aromatic heterocycles. The zero-order valence-electron chi connectivity index (χ0n) is 7.04. The molecule has 0 amide bonds. The summed E-state index contributed by atoms with van der Waals surface area (Å²) in [5, 5.41) is 0. The van der Waals surface area contributed by atoms with Crippen LogP contribution in [0.4, 0.5) is 0 Å². The van der Waals surface area contributed by atoms with E-state index < -0.39 is 0 Å². The molecule has 0 saturated heterocycles. The Bertz CT molecular complexity index is 255. The molecule has 0 N–H and O–H groups in total. The summed E-state index contributed by atoms with van der Waals surface area (Å²) in [7, 11) is 0. The average molecular weight is 134 g/mol. The molecule has 10 heavy (non-hydrogen) atoms. The number of pyridine rings is 1. The van der Waals surface area contributed by atoms with Gasteiger partial charge in [0.25, 0.3) is 0 Å². The van der Waals surface area contributed by atoms with Gasteiger partial charge in [-0.3, -0.25) is 4.98 Å². The Balaban J connectivity index is 2.86. The van der Waals surface area contributed by atoms with E-state index in [9.17, 15) is 0 Å². The lowest BCUT2D eigenvalue weighted by Gasteiger charge is -1.87. The van der Waals surface area contributed by atoms with Crippen molar-refractivity contribution in [2.75, 3.05) is 0 Å². The molecule has 0 bridgehead atoms. The van der Waals surface area contributed by atoms with E-state index in [0.29, 0.717) is 6.17 Å². The highest BCUT2D eigenvalue weighted by atomic mass is 14.6. The second-order valence-corrected chi connectivity index (χ2v) is 2.02. The molecule has 0 aliphatic heterocycles. The van der Waals surface area contributed by atoms with Crippen LogP contribution in [0, 0.1) is 0 Å². The van der Waals surface area contributed by atoms with Gasteiger partial charge in [0.1, 0.15) is 0 Å². The molecule has 0 spiro atoms. The summed E-state index contributed by atoms with van der Waals surface area (Å²) in [6, 6.07) is 3.73. The van der Waals surface area contributed by atoms with Gasteiger partial charge < -0.3 is 0 Å². The van der Waals surface area contributed by atoms with Crippen molar-refractivity contribution < 1.29 is 1.37 Å². The van der Waals surface area contributed by atoms with Gasteiger partial charge in [-0.25, -0.2) is 0 Å². The van der Waals surface area contributed by atoms with Crippen LogP contribution < -0.4 is 0 Å². The zero-order valence-corrected chi connectivity index (χ0v) is 6.04. The Hall–Kier alpha value is -1.11. The third-order valence-electron chi connectivity index (χ3n) is 1.16. The number of hydrogen-bond donors (Lipinski definition) is 0. The topological polar surface area (TPSA) is 12.9 Å². The van der Waals surface area contributed by atoms with Gasteiger partial charge in [-0.1, -0.05) is 25.1 Å². The van der Waals surface area contributed by atoms with Gasteiger partial charge in [-0.05, 0) is 18.1 Å². The van der Waals surface area contributed by atoms with Gasteiger partial charge in [-0.2, -0.15) is 0 Å². The zero-order chi connectivity index (χ0) is 8.10. The van der Waals surface area contributed by atoms with Crippen molar-refractivity contribution >= 4 is 6.08 Å². The van der Waals surface area contributed by atoms with Crippen LogP contribution in [0.5, 0.6) is 0 Å². The fourth-order valence-electron chi connectivity index (χ4n) is 0.676. The molecule has 52 valence electrons. The molecule has 1 heterocycles. The molecule has 0 fully saturated rings. The first-order valence-electron chi connectivity index (χ1n) is 3.92. The fraction of sp³-hybridized carbons (Fsp3) is 0.222. The molecule has 0 atom stereocenters. The molecular formula is C9H11N. The van der Waals surface area contributed by atoms with E-state index in [-0.39, 0.29) is 0 Å². The van der Waals surface area contributed by atoms with E-state index in [1.807, 2.05) is 24.3 Å². The van der Waals surface area contributed by atoms with Gasteiger partial charge in [-0.15, -0.1) is 0 Å². The van der Waals surface area contributed by atoms with Crippen LogP contribution in [-0.2, 0) is 0 Å². The molecule has 0 aliphatic rings. The monoisotopic (exact) mass is 134 g/mol. The number of allylic oxidation sites excluding steroid dienone is 1. The minimum Gasteiger partial charge on any atom is -0.264 e. The first-order chi connectivity index (χ1) is 5.34. The molecule has 1 aromatic rings. The Morgan fingerprint density at radius 3 is 3.40 bits per heavy atom. The van der Waals surface area contributed by atoms with Crippen molar-refractivity contribution in [3.05, 3.63) is 36.1 Å². The summed E-state index contributed by atoms with van der Waals surface area (Å²) in [4.78, 5) is 3.85. The number of nitrogens with zero attached hydrogens (tertiary/aromatic N) is 1. The van der Waals surface area contributed by atoms with E-state index in [1.165, 1.54) is 0 Å². The van der Waals surface area contributed by atoms with Crippen LogP contribution in [0.3, 0.4) is 0 Å². The minimum atomic E-state index is 0.345. The Morgan fingerprint density at radius 2 is 2.70 bits per heavy atom. The Labute approximate surface area is 62.8 Å². The fourth-order valence-corrected chi connectivity index (χ4v) is 0.676. The maximum absolute atomic E-state index is 7.39. The molecular weight excluding hydrogens is 122 g/mol. The van der Waals surface area contributed by atoms with Crippen molar-refractivity contribution in [1.82, 2.24) is 4.98 Å². The first kappa shape index (κ1) is 5.66. The summed E-state index contributed by atoms with van der Waals surface area (Å²) < 4.78 is 7.39. The van der Waals surface area contributed by atoms with Crippen LogP contribution >= 0.6 is 0 Å². The second-order valence-electron chi connectivity index (χ2n) is 2.02. The lowest BCUT2D eigenvalue weighted by molar-refractivity contribution is 1.23. The summed E-state index contributed by atoms with van der Waals surface area (Å²) in [6.45, 7) is 2.07. The maximum atomic E-state index is 7.39. The predicted octanol–water partition coefficient (Wildman–Crippen LogP) is 2.50. The Morgan fingerprint density at radius 1 is 1.80 bits per heavy atom. The summed E-state index contributed by atoms with van der Waals surface area (Å²) in [6.07, 6.45) is 6.92. The highest BCUT2D eigenvalue weighted by Crippen LogP contribution is 1.98. The van der Waals surface area contributed by atoms with E-state index in [2.05, 4.69) is 11.9 Å². The number of rotatable bonds is 2. The first-order valence-corrected chi connectivity index (χ1v) is 3.42. The van der Waals surface area contributed by atoms with Crippen LogP contribution in [-0.4, -0.2) is 4.98 Å². The van der Waals surface area contributed by atoms with Crippen molar-refractivity contribution in [2.45, 2.75) is 13.3 Å². The van der Waals surface area contributed by atoms with Gasteiger partial charge in [0, 0.05) is 12.4 Å². The molecule has 0 saturated carbocycles. The van der Waals surface area contributed by atoms with Gasteiger partial charge in [0.05, 0.1) is 1.37 Å². The van der Waals surface area contributed by atoms with Crippen molar-refractivity contribution in [2.24, 2.45) is 0 Å². The molecule has 1 heteroatoms. The van der Waals surface area contributed by atoms with Crippen LogP contribution in [0.2, 0.25) is 0 Å². The standard InChI is InChI=1S/C9H11N/c1-2-3-5-9-6-4-7-10-8-9/h3-8H,2H2,1H3/i8D. The SMILES string of the molecule is [2H]c1ncccc1C=CCC. The van der Waals surface area contributed by atoms with Crippen molar-refractivity contribution in [3.8, 4) is 0 Å². The smallest absolute Gasteiger partial charge is 0.0846 e. The van der Waals surface area contributed by atoms with Crippen LogP contribution in [0.15, 0.2) is 30.6 Å². The highest BCUT2D eigenvalue weighted by Gasteiger charge is 1.80. The summed E-state index contributed by atoms with van der Waals surface area (Å²) >= 11 is 0. The normalized spacial score (nSPS) is 11.9. The number of aromatic nitrogens is 1. The average Bonchev–Trinajstić information content (AvgIpc) is 2.03. The van der Waals surface area contributed by atoms with Crippen LogP contribution in [0.1, 0.15) is 20.3 Å². The third kappa shape index (κ3) is 2.02. The van der Waals surface area contributed by atoms with E-state index in [4.69, 9.17) is 1.37 Å². The van der Waals surface area contributed by atoms with Gasteiger partial charge in [0.2, 0.25) is 0 Å². The van der Waals surface area contributed by atoms with Gasteiger partial charge in [0.15, 0.2) is 0 Å². The van der Waals surface area contributed by atoms with Crippen LogP contribution in [0.25, 0.3) is 6.08 Å². The van der Waals surface area contributed by atoms with E-state index in [1.54, 1.807) is 6.20 Å². The lowest BCUT2D eigenvalue weighted by Crippen LogP contribution is -1.71. The number of hydrogen-bond acceptors (Lipinski definition) is 1. The minimum absolute atomic E-state index is 0.345. The highest BCUT2D eigenvalue weighted by molar-refractivity contribution is 5.46. The molecule has 0 radical (unpaired) electrons. The molecule has 1 rings (SSSR count). The molecule has 0 aromatic carbocycles. The van der Waals surface area contributed by atoms with Gasteiger partial charge >= 0.3 is 0 Å².